The molecule has 5 aliphatic carbocycles. The fourth-order valence-electron chi connectivity index (χ4n) is 11.0. The van der Waals surface area contributed by atoms with Crippen molar-refractivity contribution in [2.24, 2.45) is 28.7 Å². The normalized spacial score (nSPS) is 30.6. The van der Waals surface area contributed by atoms with Gasteiger partial charge >= 0.3 is 0 Å². The van der Waals surface area contributed by atoms with Crippen molar-refractivity contribution in [3.05, 3.63) is 220 Å². The summed E-state index contributed by atoms with van der Waals surface area (Å²) in [5.41, 5.74) is 15.0. The van der Waals surface area contributed by atoms with E-state index in [1.54, 1.807) is 0 Å². The summed E-state index contributed by atoms with van der Waals surface area (Å²) in [4.78, 5) is 10.4. The third-order valence-electron chi connectivity index (χ3n) is 13.6. The van der Waals surface area contributed by atoms with Crippen LogP contribution in [-0.2, 0) is 0 Å². The van der Waals surface area contributed by atoms with Gasteiger partial charge < -0.3 is 15.1 Å². The monoisotopic (exact) mass is 757 g/mol. The maximum Gasteiger partial charge on any atom is 0.131 e. The summed E-state index contributed by atoms with van der Waals surface area (Å²) in [6.45, 7) is 4.74. The van der Waals surface area contributed by atoms with E-state index in [4.69, 9.17) is 4.99 Å². The fourth-order valence-corrected chi connectivity index (χ4v) is 11.0. The van der Waals surface area contributed by atoms with Crippen LogP contribution in [0, 0.1) is 23.7 Å². The summed E-state index contributed by atoms with van der Waals surface area (Å²) in [6.07, 6.45) is 35.4. The van der Waals surface area contributed by atoms with Crippen molar-refractivity contribution in [3.8, 4) is 0 Å². The minimum atomic E-state index is -0.154. The van der Waals surface area contributed by atoms with Gasteiger partial charge in [0.15, 0.2) is 0 Å². The highest BCUT2D eigenvalue weighted by atomic mass is 15.3. The summed E-state index contributed by atoms with van der Waals surface area (Å²) in [5.74, 6) is 2.65. The van der Waals surface area contributed by atoms with Gasteiger partial charge in [-0.2, -0.15) is 0 Å². The zero-order valence-corrected chi connectivity index (χ0v) is 33.4. The van der Waals surface area contributed by atoms with Crippen LogP contribution in [0.5, 0.6) is 0 Å². The number of allylic oxidation sites excluding steroid dienone is 15. The standard InChI is InChI=1S/C53H51N5/c1-34-30-35(2)50-46(31-34)45-33-40(39-24-28-48-44(32-39)43-20-12-13-21-47(43)57(48)41-18-10-5-11-19-41)25-29-49(45)58(50)42-26-22-38(23-27-42)53-55-51(36-14-6-3-7-15-36)54-52(56-53)37-16-8-4-9-17-37/h3-10,12-18,20-29,31,33,35,43-45,47,49,51,53,55H,11,19,30,32H2,1-2H3,(H,54,56). The molecule has 288 valence electrons. The number of nitrogens with one attached hydrogen (secondary N) is 2. The minimum Gasteiger partial charge on any atom is -0.350 e. The quantitative estimate of drug-likeness (QED) is 0.263. The predicted octanol–water partition coefficient (Wildman–Crippen LogP) is 11.1. The van der Waals surface area contributed by atoms with Gasteiger partial charge in [0.2, 0.25) is 0 Å². The second-order valence-electron chi connectivity index (χ2n) is 17.2. The summed E-state index contributed by atoms with van der Waals surface area (Å²) in [6, 6.07) is 30.9. The molecule has 8 unspecified atom stereocenters. The summed E-state index contributed by atoms with van der Waals surface area (Å²) >= 11 is 0. The maximum absolute atomic E-state index is 5.12. The molecule has 58 heavy (non-hydrogen) atoms. The molecule has 11 rings (SSSR count). The zero-order valence-electron chi connectivity index (χ0n) is 33.4. The minimum absolute atomic E-state index is 0.0933. The first kappa shape index (κ1) is 35.3. The molecular weight excluding hydrogens is 707 g/mol. The van der Waals surface area contributed by atoms with E-state index < -0.39 is 0 Å². The maximum atomic E-state index is 5.12. The Morgan fingerprint density at radius 1 is 0.759 bits per heavy atom. The fraction of sp³-hybridized carbons (Fsp3) is 0.264. The van der Waals surface area contributed by atoms with E-state index in [1.807, 2.05) is 0 Å². The molecule has 0 saturated carbocycles. The number of hydrogen-bond acceptors (Lipinski definition) is 5. The van der Waals surface area contributed by atoms with Crippen molar-refractivity contribution in [3.63, 3.8) is 0 Å². The first-order chi connectivity index (χ1) is 28.6. The molecule has 5 heteroatoms. The molecule has 0 radical (unpaired) electrons. The second kappa shape index (κ2) is 14.5. The lowest BCUT2D eigenvalue weighted by molar-refractivity contribution is 0.368. The average Bonchev–Trinajstić information content (AvgIpc) is 3.79. The number of anilines is 1. The molecule has 0 bridgehead atoms. The van der Waals surface area contributed by atoms with Gasteiger partial charge in [0, 0.05) is 52.0 Å². The van der Waals surface area contributed by atoms with Crippen molar-refractivity contribution in [2.45, 2.75) is 63.9 Å². The topological polar surface area (TPSA) is 42.9 Å². The molecule has 1 fully saturated rings. The molecule has 2 N–H and O–H groups in total. The molecule has 0 amide bonds. The zero-order chi connectivity index (χ0) is 38.7. The highest BCUT2D eigenvalue weighted by Gasteiger charge is 2.47. The first-order valence-corrected chi connectivity index (χ1v) is 21.4. The molecular formula is C53H51N5. The molecule has 3 aromatic rings. The van der Waals surface area contributed by atoms with Crippen LogP contribution >= 0.6 is 0 Å². The lowest BCUT2D eigenvalue weighted by atomic mass is 9.76. The van der Waals surface area contributed by atoms with Crippen molar-refractivity contribution >= 4 is 11.5 Å². The molecule has 0 spiro atoms. The van der Waals surface area contributed by atoms with Crippen molar-refractivity contribution in [1.29, 1.82) is 0 Å². The molecule has 0 aromatic heterocycles. The van der Waals surface area contributed by atoms with E-state index in [-0.39, 0.29) is 18.4 Å². The van der Waals surface area contributed by atoms with Crippen LogP contribution < -0.4 is 15.5 Å². The average molecular weight is 758 g/mol. The van der Waals surface area contributed by atoms with Crippen molar-refractivity contribution < 1.29 is 0 Å². The number of amidine groups is 1. The number of rotatable bonds is 6. The van der Waals surface area contributed by atoms with Crippen LogP contribution in [0.2, 0.25) is 0 Å². The third-order valence-corrected chi connectivity index (χ3v) is 13.6. The van der Waals surface area contributed by atoms with Gasteiger partial charge in [-0.15, -0.1) is 0 Å². The Bertz CT molecular complexity index is 2470. The lowest BCUT2D eigenvalue weighted by Crippen LogP contribution is -2.45. The molecule has 8 atom stereocenters. The third kappa shape index (κ3) is 6.06. The van der Waals surface area contributed by atoms with E-state index in [2.05, 4.69) is 198 Å². The number of likely N-dealkylation sites (tertiary alicyclic amines) is 1. The first-order valence-electron chi connectivity index (χ1n) is 21.4. The highest BCUT2D eigenvalue weighted by Crippen LogP contribution is 2.52. The van der Waals surface area contributed by atoms with E-state index in [1.165, 1.54) is 50.6 Å². The molecule has 1 saturated heterocycles. The van der Waals surface area contributed by atoms with Crippen LogP contribution in [-0.4, -0.2) is 22.8 Å². The van der Waals surface area contributed by atoms with Crippen LogP contribution in [0.4, 0.5) is 5.69 Å². The van der Waals surface area contributed by atoms with Gasteiger partial charge in [0.1, 0.15) is 18.2 Å². The predicted molar refractivity (Wildman–Crippen MR) is 237 cm³/mol. The van der Waals surface area contributed by atoms with E-state index in [9.17, 15) is 0 Å². The van der Waals surface area contributed by atoms with Gasteiger partial charge in [-0.1, -0.05) is 152 Å². The Labute approximate surface area is 343 Å². The van der Waals surface area contributed by atoms with Crippen molar-refractivity contribution in [2.75, 3.05) is 4.90 Å². The highest BCUT2D eigenvalue weighted by molar-refractivity contribution is 5.99. The Kier molecular flexibility index (Phi) is 8.80. The molecule has 5 nitrogen and oxygen atoms in total. The van der Waals surface area contributed by atoms with Crippen molar-refractivity contribution in [1.82, 2.24) is 15.5 Å². The van der Waals surface area contributed by atoms with Gasteiger partial charge in [-0.3, -0.25) is 5.32 Å². The van der Waals surface area contributed by atoms with Gasteiger partial charge in [-0.25, -0.2) is 4.99 Å². The summed E-state index contributed by atoms with van der Waals surface area (Å²) in [5, 5.41) is 7.52. The number of benzene rings is 3. The van der Waals surface area contributed by atoms with E-state index in [0.717, 1.165) is 42.6 Å². The Morgan fingerprint density at radius 2 is 1.57 bits per heavy atom. The Balaban J connectivity index is 0.891. The van der Waals surface area contributed by atoms with Gasteiger partial charge in [0.05, 0.1) is 12.1 Å². The van der Waals surface area contributed by atoms with Crippen LogP contribution in [0.15, 0.2) is 208 Å². The number of hydrogen-bond donors (Lipinski definition) is 2. The lowest BCUT2D eigenvalue weighted by Gasteiger charge is -2.35. The van der Waals surface area contributed by atoms with Crippen LogP contribution in [0.1, 0.15) is 68.6 Å². The molecule has 8 aliphatic rings. The number of nitrogens with zero attached hydrogens (tertiary/aromatic N) is 3. The SMILES string of the molecule is CC1=CC2=C(C(C)C1)N(c1ccc(C3NC(c4ccccc4)=NC(c4ccccc4)N3)cc1)C1C=CC(C3=CC=C4C(C3)C3C=CC=CC3N4C3=CC=CCC3)=CC21. The van der Waals surface area contributed by atoms with Crippen LogP contribution in [0.3, 0.4) is 0 Å². The van der Waals surface area contributed by atoms with Gasteiger partial charge in [-0.05, 0) is 84.7 Å². The summed E-state index contributed by atoms with van der Waals surface area (Å²) < 4.78 is 0. The van der Waals surface area contributed by atoms with E-state index >= 15 is 0 Å². The number of aliphatic imine (C=N–C) groups is 1. The van der Waals surface area contributed by atoms with E-state index in [0.29, 0.717) is 29.7 Å². The molecule has 3 heterocycles. The number of fused-ring (bicyclic) bond motifs is 5. The molecule has 3 aromatic carbocycles. The van der Waals surface area contributed by atoms with Crippen LogP contribution in [0.25, 0.3) is 0 Å². The Hall–Kier alpha value is -5.91. The molecule has 3 aliphatic heterocycles. The summed E-state index contributed by atoms with van der Waals surface area (Å²) in [7, 11) is 0. The smallest absolute Gasteiger partial charge is 0.131 e. The second-order valence-corrected chi connectivity index (χ2v) is 17.2. The van der Waals surface area contributed by atoms with Gasteiger partial charge in [0.25, 0.3) is 0 Å². The Morgan fingerprint density at radius 3 is 2.38 bits per heavy atom. The largest absolute Gasteiger partial charge is 0.350 e.